The van der Waals surface area contributed by atoms with Crippen LogP contribution in [0.25, 0.3) is 0 Å². The van der Waals surface area contributed by atoms with Crippen LogP contribution < -0.4 is 10.1 Å². The fourth-order valence-electron chi connectivity index (χ4n) is 1.44. The molecule has 1 aliphatic rings. The quantitative estimate of drug-likeness (QED) is 0.791. The second-order valence-electron chi connectivity index (χ2n) is 4.15. The average molecular weight is 253 g/mol. The van der Waals surface area contributed by atoms with Gasteiger partial charge in [0.15, 0.2) is 0 Å². The van der Waals surface area contributed by atoms with Crippen LogP contribution in [0, 0.1) is 0 Å². The van der Waals surface area contributed by atoms with Gasteiger partial charge in [0.05, 0.1) is 5.02 Å². The van der Waals surface area contributed by atoms with Gasteiger partial charge in [-0.2, -0.15) is 0 Å². The molecule has 0 aromatic carbocycles. The van der Waals surface area contributed by atoms with Crippen molar-refractivity contribution in [1.29, 1.82) is 0 Å². The first kappa shape index (κ1) is 12.4. The zero-order chi connectivity index (χ0) is 12.1. The summed E-state index contributed by atoms with van der Waals surface area (Å²) in [4.78, 5) is 4.14. The maximum Gasteiger partial charge on any atom is 0.213 e. The second-order valence-corrected chi connectivity index (χ2v) is 4.56. The van der Waals surface area contributed by atoms with Crippen LogP contribution in [0.15, 0.2) is 24.4 Å². The molecule has 1 aromatic heterocycles. The largest absolute Gasteiger partial charge is 0.473 e. The summed E-state index contributed by atoms with van der Waals surface area (Å²) in [7, 11) is 0. The number of halogens is 1. The van der Waals surface area contributed by atoms with Crippen molar-refractivity contribution in [3.05, 3.63) is 35.0 Å². The van der Waals surface area contributed by atoms with Crippen molar-refractivity contribution >= 4 is 11.6 Å². The van der Waals surface area contributed by atoms with E-state index in [1.165, 1.54) is 12.8 Å². The van der Waals surface area contributed by atoms with E-state index >= 15 is 0 Å². The summed E-state index contributed by atoms with van der Waals surface area (Å²) in [6.45, 7) is 3.29. The highest BCUT2D eigenvalue weighted by atomic mass is 35.5. The normalized spacial score (nSPS) is 15.4. The first-order valence-corrected chi connectivity index (χ1v) is 6.29. The van der Waals surface area contributed by atoms with Crippen LogP contribution in [-0.2, 0) is 6.54 Å². The molecule has 1 fully saturated rings. The molecule has 0 bridgehead atoms. The van der Waals surface area contributed by atoms with Crippen LogP contribution in [0.1, 0.15) is 25.3 Å². The second kappa shape index (κ2) is 6.03. The van der Waals surface area contributed by atoms with Crippen LogP contribution in [0.4, 0.5) is 0 Å². The summed E-state index contributed by atoms with van der Waals surface area (Å²) < 4.78 is 5.48. The van der Waals surface area contributed by atoms with Gasteiger partial charge in [-0.1, -0.05) is 23.8 Å². The molecule has 3 nitrogen and oxygen atoms in total. The Bertz CT molecular complexity index is 402. The molecule has 4 heteroatoms. The number of nitrogens with one attached hydrogen (secondary N) is 1. The molecule has 0 aliphatic heterocycles. The lowest BCUT2D eigenvalue weighted by atomic mass is 10.2. The van der Waals surface area contributed by atoms with Gasteiger partial charge >= 0.3 is 0 Å². The highest BCUT2D eigenvalue weighted by molar-refractivity contribution is 6.31. The number of allylic oxidation sites excluding steroid dienone is 1. The molecule has 0 amide bonds. The molecule has 0 unspecified atom stereocenters. The van der Waals surface area contributed by atoms with Crippen molar-refractivity contribution in [2.45, 2.75) is 32.4 Å². The Morgan fingerprint density at radius 3 is 3.12 bits per heavy atom. The summed E-state index contributed by atoms with van der Waals surface area (Å²) in [5, 5.41) is 4.12. The molecule has 1 heterocycles. The lowest BCUT2D eigenvalue weighted by molar-refractivity contribution is 0.347. The Kier molecular flexibility index (Phi) is 4.40. The van der Waals surface area contributed by atoms with Crippen LogP contribution in [0.3, 0.4) is 0 Å². The summed E-state index contributed by atoms with van der Waals surface area (Å²) in [5.41, 5.74) is 1.05. The monoisotopic (exact) mass is 252 g/mol. The summed E-state index contributed by atoms with van der Waals surface area (Å²) >= 11 is 6.09. The van der Waals surface area contributed by atoms with Gasteiger partial charge < -0.3 is 10.1 Å². The Morgan fingerprint density at radius 1 is 1.59 bits per heavy atom. The van der Waals surface area contributed by atoms with Gasteiger partial charge in [0.2, 0.25) is 5.88 Å². The minimum Gasteiger partial charge on any atom is -0.473 e. The van der Waals surface area contributed by atoms with Gasteiger partial charge in [0, 0.05) is 24.8 Å². The molecule has 1 aromatic rings. The Labute approximate surface area is 107 Å². The molecule has 0 spiro atoms. The highest BCUT2D eigenvalue weighted by Gasteiger charge is 2.20. The Morgan fingerprint density at radius 2 is 2.41 bits per heavy atom. The SMILES string of the molecule is C/C=C/COc1cc(CNC2CC2)c(Cl)cn1. The minimum atomic E-state index is 0.542. The van der Waals surface area contributed by atoms with E-state index in [4.69, 9.17) is 16.3 Å². The molecule has 17 heavy (non-hydrogen) atoms. The predicted octanol–water partition coefficient (Wildman–Crippen LogP) is 2.94. The molecule has 1 N–H and O–H groups in total. The zero-order valence-corrected chi connectivity index (χ0v) is 10.7. The molecule has 2 rings (SSSR count). The van der Waals surface area contributed by atoms with Crippen LogP contribution in [0.2, 0.25) is 5.02 Å². The molecule has 0 atom stereocenters. The molecular formula is C13H17ClN2O. The first-order valence-electron chi connectivity index (χ1n) is 5.91. The molecular weight excluding hydrogens is 236 g/mol. The highest BCUT2D eigenvalue weighted by Crippen LogP contribution is 2.23. The lowest BCUT2D eigenvalue weighted by Crippen LogP contribution is -2.15. The van der Waals surface area contributed by atoms with Crippen LogP contribution in [-0.4, -0.2) is 17.6 Å². The van der Waals surface area contributed by atoms with Crippen LogP contribution >= 0.6 is 11.6 Å². The fraction of sp³-hybridized carbons (Fsp3) is 0.462. The minimum absolute atomic E-state index is 0.542. The third kappa shape index (κ3) is 4.02. The molecule has 0 saturated heterocycles. The number of ether oxygens (including phenoxy) is 1. The molecule has 92 valence electrons. The number of pyridine rings is 1. The van der Waals surface area contributed by atoms with Crippen molar-refractivity contribution in [1.82, 2.24) is 10.3 Å². The van der Waals surface area contributed by atoms with Crippen molar-refractivity contribution in [3.63, 3.8) is 0 Å². The molecule has 0 radical (unpaired) electrons. The lowest BCUT2D eigenvalue weighted by Gasteiger charge is -2.08. The van der Waals surface area contributed by atoms with Gasteiger partial charge in [-0.3, -0.25) is 0 Å². The van der Waals surface area contributed by atoms with Crippen molar-refractivity contribution in [2.24, 2.45) is 0 Å². The van der Waals surface area contributed by atoms with Crippen LogP contribution in [0.5, 0.6) is 5.88 Å². The van der Waals surface area contributed by atoms with E-state index in [2.05, 4.69) is 10.3 Å². The maximum atomic E-state index is 6.09. The smallest absolute Gasteiger partial charge is 0.213 e. The maximum absolute atomic E-state index is 6.09. The number of rotatable bonds is 6. The van der Waals surface area contributed by atoms with E-state index in [0.29, 0.717) is 23.6 Å². The van der Waals surface area contributed by atoms with Gasteiger partial charge in [-0.15, -0.1) is 0 Å². The van der Waals surface area contributed by atoms with Crippen molar-refractivity contribution in [2.75, 3.05) is 6.61 Å². The van der Waals surface area contributed by atoms with Gasteiger partial charge in [-0.05, 0) is 25.3 Å². The van der Waals surface area contributed by atoms with Crippen molar-refractivity contribution in [3.8, 4) is 5.88 Å². The number of nitrogens with zero attached hydrogens (tertiary/aromatic N) is 1. The summed E-state index contributed by atoms with van der Waals surface area (Å²) in [6, 6.07) is 2.58. The number of aromatic nitrogens is 1. The van der Waals surface area contributed by atoms with Gasteiger partial charge in [0.25, 0.3) is 0 Å². The topological polar surface area (TPSA) is 34.1 Å². The first-order chi connectivity index (χ1) is 8.29. The van der Waals surface area contributed by atoms with Crippen molar-refractivity contribution < 1.29 is 4.74 Å². The third-order valence-electron chi connectivity index (χ3n) is 2.63. The van der Waals surface area contributed by atoms with E-state index in [1.54, 1.807) is 6.20 Å². The standard InChI is InChI=1S/C13H17ClN2O/c1-2-3-6-17-13-7-10(12(14)9-16-13)8-15-11-4-5-11/h2-3,7,9,11,15H,4-6,8H2,1H3/b3-2+. The zero-order valence-electron chi connectivity index (χ0n) is 9.95. The number of hydrogen-bond acceptors (Lipinski definition) is 3. The van der Waals surface area contributed by atoms with E-state index in [1.807, 2.05) is 25.1 Å². The van der Waals surface area contributed by atoms with E-state index in [-0.39, 0.29) is 0 Å². The predicted molar refractivity (Wildman–Crippen MR) is 69.4 cm³/mol. The molecule has 1 saturated carbocycles. The van der Waals surface area contributed by atoms with Gasteiger partial charge in [0.1, 0.15) is 6.61 Å². The third-order valence-corrected chi connectivity index (χ3v) is 2.97. The number of hydrogen-bond donors (Lipinski definition) is 1. The van der Waals surface area contributed by atoms with E-state index < -0.39 is 0 Å². The fourth-order valence-corrected chi connectivity index (χ4v) is 1.61. The summed E-state index contributed by atoms with van der Waals surface area (Å²) in [5.74, 6) is 0.625. The summed E-state index contributed by atoms with van der Waals surface area (Å²) in [6.07, 6.45) is 8.08. The molecule has 1 aliphatic carbocycles. The Hall–Kier alpha value is -1.06. The van der Waals surface area contributed by atoms with E-state index in [9.17, 15) is 0 Å². The Balaban J connectivity index is 1.94. The van der Waals surface area contributed by atoms with E-state index in [0.717, 1.165) is 12.1 Å². The average Bonchev–Trinajstić information content (AvgIpc) is 3.14. The van der Waals surface area contributed by atoms with Gasteiger partial charge in [-0.25, -0.2) is 4.98 Å².